The van der Waals surface area contributed by atoms with Crippen molar-refractivity contribution in [3.8, 4) is 0 Å². The molecule has 0 saturated carbocycles. The van der Waals surface area contributed by atoms with Gasteiger partial charge in [0, 0.05) is 6.42 Å². The minimum Gasteiger partial charge on any atom is -0.481 e. The Balaban J connectivity index is 3.55. The molecule has 0 aromatic carbocycles. The molecule has 0 radical (unpaired) electrons. The van der Waals surface area contributed by atoms with Crippen LogP contribution in [0.15, 0.2) is 6.08 Å². The van der Waals surface area contributed by atoms with Crippen LogP contribution in [0.4, 0.5) is 0 Å². The van der Waals surface area contributed by atoms with E-state index in [9.17, 15) is 14.4 Å². The number of esters is 1. The van der Waals surface area contributed by atoms with Gasteiger partial charge in [-0.05, 0) is 25.3 Å². The minimum absolute atomic E-state index is 0.139. The van der Waals surface area contributed by atoms with Crippen molar-refractivity contribution in [1.82, 2.24) is 0 Å². The zero-order valence-corrected chi connectivity index (χ0v) is 20.2. The Morgan fingerprint density at radius 2 is 1.29 bits per heavy atom. The number of carbonyl (C=O) groups is 2. The largest absolute Gasteiger partial charge is 0.481 e. The van der Waals surface area contributed by atoms with E-state index in [1.165, 1.54) is 57.8 Å². The molecule has 6 heteroatoms. The Morgan fingerprint density at radius 1 is 0.839 bits per heavy atom. The first-order valence-electron chi connectivity index (χ1n) is 12.2. The predicted octanol–water partition coefficient (Wildman–Crippen LogP) is 5.32. The summed E-state index contributed by atoms with van der Waals surface area (Å²) < 4.78 is 5.97. The van der Waals surface area contributed by atoms with Crippen molar-refractivity contribution < 1.29 is 28.7 Å². The Hall–Kier alpha value is -1.65. The standard InChI is InChI=1S/C25H45NO5/c1-26(2,3)22-23(21-24(28)29)31-25(30)19-17-15-13-11-9-7-5-4-6-8-10-12-14-16-18-20-27/h18,23H,4-17,19,21-22H2,1-3H3/p+1/t23-/m1/s1. The highest BCUT2D eigenvalue weighted by Crippen LogP contribution is 2.14. The molecule has 0 aromatic rings. The van der Waals surface area contributed by atoms with Gasteiger partial charge in [0.15, 0.2) is 6.10 Å². The molecule has 0 saturated heterocycles. The van der Waals surface area contributed by atoms with E-state index in [2.05, 4.69) is 0 Å². The lowest BCUT2D eigenvalue weighted by Crippen LogP contribution is -2.43. The smallest absolute Gasteiger partial charge is 0.307 e. The van der Waals surface area contributed by atoms with Crippen molar-refractivity contribution in [3.05, 3.63) is 6.08 Å². The number of rotatable bonds is 21. The van der Waals surface area contributed by atoms with E-state index in [-0.39, 0.29) is 12.4 Å². The van der Waals surface area contributed by atoms with Gasteiger partial charge in [-0.15, -0.1) is 0 Å². The first-order valence-corrected chi connectivity index (χ1v) is 12.2. The molecule has 0 rings (SSSR count). The molecule has 0 amide bonds. The number of allylic oxidation sites excluding steroid dienone is 1. The van der Waals surface area contributed by atoms with E-state index in [0.29, 0.717) is 17.4 Å². The van der Waals surface area contributed by atoms with E-state index >= 15 is 0 Å². The molecule has 6 nitrogen and oxygen atoms in total. The normalized spacial score (nSPS) is 12.2. The number of unbranched alkanes of at least 4 members (excludes halogenated alkanes) is 13. The molecule has 0 aliphatic heterocycles. The second kappa shape index (κ2) is 19.1. The van der Waals surface area contributed by atoms with Crippen LogP contribution in [0, 0.1) is 0 Å². The molecule has 0 spiro atoms. The molecule has 31 heavy (non-hydrogen) atoms. The van der Waals surface area contributed by atoms with Crippen LogP contribution in [0.3, 0.4) is 0 Å². The number of carboxylic acid groups (broad SMARTS) is 1. The molecular formula is C25H46NO5+. The van der Waals surface area contributed by atoms with E-state index in [1.54, 1.807) is 6.08 Å². The number of hydrogen-bond donors (Lipinski definition) is 1. The Bertz CT molecular complexity index is 520. The van der Waals surface area contributed by atoms with Gasteiger partial charge in [-0.25, -0.2) is 4.79 Å². The lowest BCUT2D eigenvalue weighted by molar-refractivity contribution is -0.873. The highest BCUT2D eigenvalue weighted by atomic mass is 16.5. The second-order valence-electron chi connectivity index (χ2n) is 9.64. The molecule has 0 bridgehead atoms. The average Bonchev–Trinajstić information content (AvgIpc) is 2.65. The molecule has 0 fully saturated rings. The molecule has 1 atom stereocenters. The summed E-state index contributed by atoms with van der Waals surface area (Å²) in [5, 5.41) is 9.01. The quantitative estimate of drug-likeness (QED) is 0.113. The lowest BCUT2D eigenvalue weighted by atomic mass is 10.0. The number of aliphatic carboxylic acids is 1. The van der Waals surface area contributed by atoms with Gasteiger partial charge in [-0.3, -0.25) is 9.59 Å². The van der Waals surface area contributed by atoms with Crippen molar-refractivity contribution in [2.45, 2.75) is 109 Å². The number of carboxylic acids is 1. The van der Waals surface area contributed by atoms with Crippen LogP contribution >= 0.6 is 0 Å². The molecular weight excluding hydrogens is 394 g/mol. The van der Waals surface area contributed by atoms with Crippen LogP contribution in [0.2, 0.25) is 0 Å². The van der Waals surface area contributed by atoms with Crippen LogP contribution in [0.5, 0.6) is 0 Å². The molecule has 180 valence electrons. The summed E-state index contributed by atoms with van der Waals surface area (Å²) >= 11 is 0. The van der Waals surface area contributed by atoms with Gasteiger partial charge >= 0.3 is 11.9 Å². The average molecular weight is 441 g/mol. The third kappa shape index (κ3) is 22.9. The third-order valence-corrected chi connectivity index (χ3v) is 5.26. The summed E-state index contributed by atoms with van der Waals surface area (Å²) in [6.07, 6.45) is 17.6. The fourth-order valence-corrected chi connectivity index (χ4v) is 3.71. The molecule has 1 N–H and O–H groups in total. The van der Waals surface area contributed by atoms with Gasteiger partial charge in [0.25, 0.3) is 0 Å². The number of carbonyl (C=O) groups excluding carboxylic acids is 2. The van der Waals surface area contributed by atoms with Crippen LogP contribution in [0.1, 0.15) is 103 Å². The summed E-state index contributed by atoms with van der Waals surface area (Å²) in [5.74, 6) is 0.611. The Kier molecular flexibility index (Phi) is 18.1. The van der Waals surface area contributed by atoms with E-state index < -0.39 is 12.1 Å². The summed E-state index contributed by atoms with van der Waals surface area (Å²) in [5.41, 5.74) is 0. The highest BCUT2D eigenvalue weighted by molar-refractivity contribution is 5.71. The second-order valence-corrected chi connectivity index (χ2v) is 9.64. The number of likely N-dealkylation sites (N-methyl/N-ethyl adjacent to an activating group) is 1. The van der Waals surface area contributed by atoms with E-state index in [4.69, 9.17) is 9.84 Å². The van der Waals surface area contributed by atoms with Crippen molar-refractivity contribution in [2.24, 2.45) is 0 Å². The van der Waals surface area contributed by atoms with Crippen LogP contribution in [-0.4, -0.2) is 61.3 Å². The maximum absolute atomic E-state index is 12.0. The number of quaternary nitrogens is 1. The van der Waals surface area contributed by atoms with Gasteiger partial charge in [0.2, 0.25) is 0 Å². The molecule has 0 aliphatic carbocycles. The van der Waals surface area contributed by atoms with Gasteiger partial charge in [0.1, 0.15) is 12.5 Å². The van der Waals surface area contributed by atoms with E-state index in [1.807, 2.05) is 27.1 Å². The minimum atomic E-state index is -0.935. The maximum atomic E-state index is 12.0. The Labute approximate surface area is 189 Å². The van der Waals surface area contributed by atoms with Crippen molar-refractivity contribution in [1.29, 1.82) is 0 Å². The predicted molar refractivity (Wildman–Crippen MR) is 125 cm³/mol. The number of ether oxygens (including phenoxy) is 1. The zero-order valence-electron chi connectivity index (χ0n) is 20.2. The highest BCUT2D eigenvalue weighted by Gasteiger charge is 2.24. The Morgan fingerprint density at radius 3 is 1.71 bits per heavy atom. The molecule has 0 aliphatic rings. The zero-order chi connectivity index (χ0) is 23.4. The SMILES string of the molecule is C[N+](C)(C)C[C@@H](CC(=O)O)OC(=O)CCCCCCCCCCCCCCCC=C=O. The fourth-order valence-electron chi connectivity index (χ4n) is 3.71. The first-order chi connectivity index (χ1) is 14.7. The van der Waals surface area contributed by atoms with Gasteiger partial charge in [0.05, 0.1) is 27.6 Å². The van der Waals surface area contributed by atoms with Crippen molar-refractivity contribution in [2.75, 3.05) is 27.7 Å². The van der Waals surface area contributed by atoms with Crippen LogP contribution in [0.25, 0.3) is 0 Å². The first kappa shape index (κ1) is 29.4. The summed E-state index contributed by atoms with van der Waals surface area (Å²) in [4.78, 5) is 33.1. The van der Waals surface area contributed by atoms with Crippen molar-refractivity contribution in [3.63, 3.8) is 0 Å². The topological polar surface area (TPSA) is 80.7 Å². The summed E-state index contributed by atoms with van der Waals surface area (Å²) in [6.45, 7) is 0.497. The lowest BCUT2D eigenvalue weighted by Gasteiger charge is -2.28. The van der Waals surface area contributed by atoms with Gasteiger partial charge in [-0.2, -0.15) is 0 Å². The van der Waals surface area contributed by atoms with Crippen LogP contribution in [-0.2, 0) is 19.1 Å². The monoisotopic (exact) mass is 440 g/mol. The molecule has 0 unspecified atom stereocenters. The van der Waals surface area contributed by atoms with Crippen molar-refractivity contribution >= 4 is 17.9 Å². The van der Waals surface area contributed by atoms with E-state index in [0.717, 1.165) is 32.1 Å². The third-order valence-electron chi connectivity index (χ3n) is 5.26. The maximum Gasteiger partial charge on any atom is 0.307 e. The molecule has 0 aromatic heterocycles. The van der Waals surface area contributed by atoms with Gasteiger partial charge in [-0.1, -0.05) is 70.6 Å². The number of nitrogens with zero attached hydrogens (tertiary/aromatic N) is 1. The summed E-state index contributed by atoms with van der Waals surface area (Å²) in [7, 11) is 5.88. The molecule has 0 heterocycles. The summed E-state index contributed by atoms with van der Waals surface area (Å²) in [6, 6.07) is 0. The van der Waals surface area contributed by atoms with Gasteiger partial charge < -0.3 is 14.3 Å². The van der Waals surface area contributed by atoms with Crippen LogP contribution < -0.4 is 0 Å². The number of hydrogen-bond acceptors (Lipinski definition) is 4. The fraction of sp³-hybridized carbons (Fsp3) is 0.840.